The first-order chi connectivity index (χ1) is 8.92. The Kier molecular flexibility index (Phi) is 6.67. The van der Waals surface area contributed by atoms with Crippen LogP contribution in [0, 0.1) is 5.41 Å². The zero-order valence-electron chi connectivity index (χ0n) is 12.6. The molecule has 0 saturated heterocycles. The Hall–Kier alpha value is -0.730. The summed E-state index contributed by atoms with van der Waals surface area (Å²) in [6.07, 6.45) is 2.10. The molecule has 1 aromatic carbocycles. The van der Waals surface area contributed by atoms with Gasteiger partial charge in [0.15, 0.2) is 0 Å². The Morgan fingerprint density at radius 1 is 1.21 bits per heavy atom. The summed E-state index contributed by atoms with van der Waals surface area (Å²) < 4.78 is 5.71. The molecule has 0 aliphatic rings. The number of hydrogen-bond donors (Lipinski definition) is 1. The van der Waals surface area contributed by atoms with Crippen LogP contribution in [-0.4, -0.2) is 19.7 Å². The van der Waals surface area contributed by atoms with Crippen molar-refractivity contribution in [3.05, 3.63) is 28.8 Å². The maximum Gasteiger partial charge on any atom is 0.119 e. The van der Waals surface area contributed by atoms with Crippen molar-refractivity contribution >= 4 is 11.6 Å². The molecule has 1 aromatic rings. The third-order valence-electron chi connectivity index (χ3n) is 3.00. The topological polar surface area (TPSA) is 21.3 Å². The van der Waals surface area contributed by atoms with Gasteiger partial charge < -0.3 is 10.1 Å². The van der Waals surface area contributed by atoms with Crippen molar-refractivity contribution in [2.45, 2.75) is 40.5 Å². The van der Waals surface area contributed by atoms with Gasteiger partial charge in [0, 0.05) is 11.6 Å². The minimum Gasteiger partial charge on any atom is -0.492 e. The fourth-order valence-electron chi connectivity index (χ4n) is 1.74. The lowest BCUT2D eigenvalue weighted by Crippen LogP contribution is -2.25. The van der Waals surface area contributed by atoms with E-state index in [1.807, 2.05) is 18.2 Å². The van der Waals surface area contributed by atoms with Gasteiger partial charge >= 0.3 is 0 Å². The van der Waals surface area contributed by atoms with Gasteiger partial charge in [0.05, 0.1) is 0 Å². The number of nitrogens with one attached hydrogen (secondary N) is 1. The molecule has 0 unspecified atom stereocenters. The van der Waals surface area contributed by atoms with Crippen molar-refractivity contribution in [1.29, 1.82) is 0 Å². The molecular weight excluding hydrogens is 258 g/mol. The minimum atomic E-state index is 0.389. The predicted octanol–water partition coefficient (Wildman–Crippen LogP) is 4.31. The van der Waals surface area contributed by atoms with E-state index in [2.05, 4.69) is 33.0 Å². The maximum atomic E-state index is 6.07. The second-order valence-electron chi connectivity index (χ2n) is 6.02. The first kappa shape index (κ1) is 16.3. The Labute approximate surface area is 122 Å². The molecule has 0 spiro atoms. The summed E-state index contributed by atoms with van der Waals surface area (Å²) >= 11 is 6.07. The summed E-state index contributed by atoms with van der Waals surface area (Å²) in [6.45, 7) is 11.5. The van der Waals surface area contributed by atoms with Crippen LogP contribution in [0.5, 0.6) is 5.75 Å². The Balaban J connectivity index is 2.23. The minimum absolute atomic E-state index is 0.389. The van der Waals surface area contributed by atoms with E-state index in [4.69, 9.17) is 16.3 Å². The van der Waals surface area contributed by atoms with Crippen molar-refractivity contribution in [2.24, 2.45) is 5.41 Å². The fraction of sp³-hybridized carbons (Fsp3) is 0.625. The van der Waals surface area contributed by atoms with E-state index in [1.54, 1.807) is 0 Å². The van der Waals surface area contributed by atoms with Crippen LogP contribution in [0.15, 0.2) is 18.2 Å². The number of aryl methyl sites for hydroxylation is 1. The second kappa shape index (κ2) is 7.76. The van der Waals surface area contributed by atoms with Gasteiger partial charge in [0.1, 0.15) is 12.4 Å². The van der Waals surface area contributed by atoms with E-state index in [-0.39, 0.29) is 0 Å². The van der Waals surface area contributed by atoms with E-state index in [9.17, 15) is 0 Å². The normalized spacial score (nSPS) is 11.6. The van der Waals surface area contributed by atoms with Gasteiger partial charge in [0.25, 0.3) is 0 Å². The van der Waals surface area contributed by atoms with Crippen LogP contribution in [-0.2, 0) is 6.42 Å². The molecule has 108 valence electrons. The summed E-state index contributed by atoms with van der Waals surface area (Å²) in [6, 6.07) is 5.86. The third-order valence-corrected chi connectivity index (χ3v) is 3.37. The fourth-order valence-corrected chi connectivity index (χ4v) is 1.99. The maximum absolute atomic E-state index is 6.07. The van der Waals surface area contributed by atoms with Gasteiger partial charge in [-0.3, -0.25) is 0 Å². The van der Waals surface area contributed by atoms with Crippen LogP contribution in [0.25, 0.3) is 0 Å². The lowest BCUT2D eigenvalue weighted by molar-refractivity contribution is 0.304. The molecular formula is C16H26ClNO. The predicted molar refractivity (Wildman–Crippen MR) is 83.3 cm³/mol. The van der Waals surface area contributed by atoms with Gasteiger partial charge in [-0.15, -0.1) is 0 Å². The monoisotopic (exact) mass is 283 g/mol. The van der Waals surface area contributed by atoms with E-state index < -0.39 is 0 Å². The van der Waals surface area contributed by atoms with Crippen molar-refractivity contribution in [3.8, 4) is 5.75 Å². The van der Waals surface area contributed by atoms with Crippen molar-refractivity contribution < 1.29 is 4.74 Å². The molecule has 0 heterocycles. The quantitative estimate of drug-likeness (QED) is 0.753. The van der Waals surface area contributed by atoms with Gasteiger partial charge in [-0.05, 0) is 48.6 Å². The molecule has 1 rings (SSSR count). The standard InChI is InChI=1S/C16H26ClNO/c1-5-13-12-14(6-7-15(13)17)19-11-10-18-9-8-16(2,3)4/h6-7,12,18H,5,8-11H2,1-4H3. The molecule has 19 heavy (non-hydrogen) atoms. The smallest absolute Gasteiger partial charge is 0.119 e. The Morgan fingerprint density at radius 3 is 2.58 bits per heavy atom. The van der Waals surface area contributed by atoms with Gasteiger partial charge in [-0.1, -0.05) is 39.3 Å². The van der Waals surface area contributed by atoms with Crippen molar-refractivity contribution in [1.82, 2.24) is 5.32 Å². The van der Waals surface area contributed by atoms with Crippen LogP contribution in [0.2, 0.25) is 5.02 Å². The average molecular weight is 284 g/mol. The van der Waals surface area contributed by atoms with Crippen LogP contribution in [0.3, 0.4) is 0 Å². The summed E-state index contributed by atoms with van der Waals surface area (Å²) in [4.78, 5) is 0. The lowest BCUT2D eigenvalue weighted by atomic mass is 9.92. The molecule has 0 amide bonds. The first-order valence-corrected chi connectivity index (χ1v) is 7.42. The molecule has 0 saturated carbocycles. The molecule has 3 heteroatoms. The molecule has 0 bridgehead atoms. The van der Waals surface area contributed by atoms with Crippen LogP contribution in [0.1, 0.15) is 39.7 Å². The number of rotatable bonds is 7. The number of benzene rings is 1. The van der Waals surface area contributed by atoms with Crippen LogP contribution >= 0.6 is 11.6 Å². The van der Waals surface area contributed by atoms with Gasteiger partial charge in [-0.2, -0.15) is 0 Å². The highest BCUT2D eigenvalue weighted by Crippen LogP contribution is 2.22. The lowest BCUT2D eigenvalue weighted by Gasteiger charge is -2.18. The molecule has 0 aliphatic heterocycles. The van der Waals surface area contributed by atoms with Crippen LogP contribution in [0.4, 0.5) is 0 Å². The summed E-state index contributed by atoms with van der Waals surface area (Å²) in [5.74, 6) is 0.902. The third kappa shape index (κ3) is 6.84. The number of hydrogen-bond acceptors (Lipinski definition) is 2. The molecule has 0 aliphatic carbocycles. The second-order valence-corrected chi connectivity index (χ2v) is 6.42. The largest absolute Gasteiger partial charge is 0.492 e. The van der Waals surface area contributed by atoms with Crippen molar-refractivity contribution in [3.63, 3.8) is 0 Å². The number of ether oxygens (including phenoxy) is 1. The van der Waals surface area contributed by atoms with E-state index in [1.165, 1.54) is 6.42 Å². The Morgan fingerprint density at radius 2 is 1.95 bits per heavy atom. The summed E-state index contributed by atoms with van der Waals surface area (Å²) in [7, 11) is 0. The van der Waals surface area contributed by atoms with Crippen molar-refractivity contribution in [2.75, 3.05) is 19.7 Å². The Bertz CT molecular complexity index is 385. The highest BCUT2D eigenvalue weighted by atomic mass is 35.5. The van der Waals surface area contributed by atoms with E-state index in [0.717, 1.165) is 35.8 Å². The SMILES string of the molecule is CCc1cc(OCCNCCC(C)(C)C)ccc1Cl. The highest BCUT2D eigenvalue weighted by Gasteiger charge is 2.08. The van der Waals surface area contributed by atoms with Gasteiger partial charge in [-0.25, -0.2) is 0 Å². The van der Waals surface area contributed by atoms with E-state index >= 15 is 0 Å². The summed E-state index contributed by atoms with van der Waals surface area (Å²) in [5, 5.41) is 4.22. The zero-order valence-corrected chi connectivity index (χ0v) is 13.3. The van der Waals surface area contributed by atoms with Gasteiger partial charge in [0.2, 0.25) is 0 Å². The average Bonchev–Trinajstić information content (AvgIpc) is 2.34. The highest BCUT2D eigenvalue weighted by molar-refractivity contribution is 6.31. The zero-order chi connectivity index (χ0) is 14.3. The molecule has 0 aromatic heterocycles. The van der Waals surface area contributed by atoms with E-state index in [0.29, 0.717) is 12.0 Å². The molecule has 0 fully saturated rings. The summed E-state index contributed by atoms with van der Waals surface area (Å²) in [5.41, 5.74) is 1.53. The van der Waals surface area contributed by atoms with Crippen LogP contribution < -0.4 is 10.1 Å². The molecule has 0 radical (unpaired) electrons. The number of halogens is 1. The molecule has 0 atom stereocenters. The molecule has 1 N–H and O–H groups in total. The first-order valence-electron chi connectivity index (χ1n) is 7.04. The molecule has 2 nitrogen and oxygen atoms in total.